The molecule has 1 atom stereocenters. The third-order valence-corrected chi connectivity index (χ3v) is 3.27. The fourth-order valence-corrected chi connectivity index (χ4v) is 2.13. The van der Waals surface area contributed by atoms with E-state index in [1.807, 2.05) is 7.05 Å². The molecule has 0 unspecified atom stereocenters. The van der Waals surface area contributed by atoms with E-state index in [0.717, 1.165) is 0 Å². The molecule has 110 valence electrons. The number of hydrogen-bond donors (Lipinski definition) is 1. The molecule has 0 radical (unpaired) electrons. The first-order valence-corrected chi connectivity index (χ1v) is 6.52. The van der Waals surface area contributed by atoms with Crippen molar-refractivity contribution in [2.45, 2.75) is 6.04 Å². The first-order valence-electron chi connectivity index (χ1n) is 6.52. The van der Waals surface area contributed by atoms with E-state index in [9.17, 15) is 4.79 Å². The number of likely N-dealkylation sites (N-methyl/N-ethyl adjacent to an activating group) is 1. The third kappa shape index (κ3) is 2.55. The molecule has 0 bridgehead atoms. The summed E-state index contributed by atoms with van der Waals surface area (Å²) >= 11 is 0. The number of amides is 1. The lowest BCUT2D eigenvalue weighted by Crippen LogP contribution is -2.43. The summed E-state index contributed by atoms with van der Waals surface area (Å²) in [6.45, 7) is 0.163. The average molecular weight is 288 g/mol. The number of hydrogen-bond acceptors (Lipinski definition) is 5. The van der Waals surface area contributed by atoms with E-state index in [1.165, 1.54) is 4.90 Å². The Morgan fingerprint density at radius 1 is 1.38 bits per heavy atom. The number of carbonyl (C=O) groups is 1. The molecular weight excluding hydrogens is 272 g/mol. The highest BCUT2D eigenvalue weighted by Crippen LogP contribution is 2.35. The van der Waals surface area contributed by atoms with Gasteiger partial charge in [0.25, 0.3) is 0 Å². The van der Waals surface area contributed by atoms with Crippen molar-refractivity contribution in [2.75, 3.05) is 18.6 Å². The first kappa shape index (κ1) is 13.4. The van der Waals surface area contributed by atoms with Crippen LogP contribution in [0.3, 0.4) is 0 Å². The van der Waals surface area contributed by atoms with Crippen LogP contribution in [0, 0.1) is 0 Å². The molecule has 2 aromatic rings. The second kappa shape index (κ2) is 5.10. The van der Waals surface area contributed by atoms with Gasteiger partial charge in [-0.2, -0.15) is 0 Å². The van der Waals surface area contributed by atoms with Gasteiger partial charge in [0.15, 0.2) is 0 Å². The summed E-state index contributed by atoms with van der Waals surface area (Å²) in [4.78, 5) is 13.5. The zero-order chi connectivity index (χ0) is 15.0. The molecule has 0 fully saturated rings. The predicted octanol–water partition coefficient (Wildman–Crippen LogP) is 0.895. The van der Waals surface area contributed by atoms with Gasteiger partial charge in [0.2, 0.25) is 11.8 Å². The SMILES string of the molecule is CN1C(=O)[C@@H](N)COc2ccc(Oc3ccn(C)n3)cc21. The van der Waals surface area contributed by atoms with E-state index in [-0.39, 0.29) is 12.5 Å². The van der Waals surface area contributed by atoms with Gasteiger partial charge in [-0.1, -0.05) is 0 Å². The number of rotatable bonds is 2. The van der Waals surface area contributed by atoms with Crippen LogP contribution in [0.1, 0.15) is 0 Å². The normalized spacial score (nSPS) is 18.0. The molecule has 1 aliphatic rings. The lowest BCUT2D eigenvalue weighted by atomic mass is 10.2. The van der Waals surface area contributed by atoms with Gasteiger partial charge in [-0.3, -0.25) is 9.48 Å². The number of fused-ring (bicyclic) bond motifs is 1. The van der Waals surface area contributed by atoms with Crippen LogP contribution in [0.2, 0.25) is 0 Å². The minimum atomic E-state index is -0.664. The van der Waals surface area contributed by atoms with E-state index < -0.39 is 6.04 Å². The Hall–Kier alpha value is -2.54. The summed E-state index contributed by atoms with van der Waals surface area (Å²) in [5.41, 5.74) is 6.38. The topological polar surface area (TPSA) is 82.6 Å². The molecule has 0 saturated carbocycles. The van der Waals surface area contributed by atoms with Gasteiger partial charge in [0, 0.05) is 32.4 Å². The van der Waals surface area contributed by atoms with E-state index in [1.54, 1.807) is 42.2 Å². The highest BCUT2D eigenvalue weighted by atomic mass is 16.5. The zero-order valence-electron chi connectivity index (χ0n) is 11.8. The number of nitrogens with zero attached hydrogens (tertiary/aromatic N) is 3. The first-order chi connectivity index (χ1) is 10.0. The molecule has 2 heterocycles. The Balaban J connectivity index is 1.91. The summed E-state index contributed by atoms with van der Waals surface area (Å²) in [6, 6.07) is 6.35. The van der Waals surface area contributed by atoms with E-state index in [4.69, 9.17) is 15.2 Å². The molecule has 21 heavy (non-hydrogen) atoms. The summed E-state index contributed by atoms with van der Waals surface area (Å²) in [5.74, 6) is 1.47. The van der Waals surface area contributed by atoms with Crippen LogP contribution in [-0.4, -0.2) is 35.4 Å². The largest absolute Gasteiger partial charge is 0.489 e. The van der Waals surface area contributed by atoms with Crippen molar-refractivity contribution < 1.29 is 14.3 Å². The van der Waals surface area contributed by atoms with Gasteiger partial charge in [-0.25, -0.2) is 0 Å². The Morgan fingerprint density at radius 2 is 2.19 bits per heavy atom. The minimum Gasteiger partial charge on any atom is -0.489 e. The zero-order valence-corrected chi connectivity index (χ0v) is 11.8. The molecule has 3 rings (SSSR count). The summed E-state index contributed by atoms with van der Waals surface area (Å²) in [6.07, 6.45) is 1.79. The number of carbonyl (C=O) groups excluding carboxylic acids is 1. The van der Waals surface area contributed by atoms with Crippen LogP contribution >= 0.6 is 0 Å². The molecular formula is C14H16N4O3. The Bertz CT molecular complexity index is 683. The molecule has 1 amide bonds. The molecule has 7 nitrogen and oxygen atoms in total. The molecule has 0 spiro atoms. The van der Waals surface area contributed by atoms with Gasteiger partial charge >= 0.3 is 0 Å². The summed E-state index contributed by atoms with van der Waals surface area (Å²) in [7, 11) is 3.48. The van der Waals surface area contributed by atoms with Crippen molar-refractivity contribution >= 4 is 11.6 Å². The number of nitrogens with two attached hydrogens (primary N) is 1. The fourth-order valence-electron chi connectivity index (χ4n) is 2.13. The molecule has 1 aliphatic heterocycles. The molecule has 1 aromatic carbocycles. The van der Waals surface area contributed by atoms with Crippen molar-refractivity contribution in [3.63, 3.8) is 0 Å². The summed E-state index contributed by atoms with van der Waals surface area (Å²) in [5, 5.41) is 4.15. The Morgan fingerprint density at radius 3 is 2.90 bits per heavy atom. The van der Waals surface area contributed by atoms with Gasteiger partial charge in [-0.05, 0) is 12.1 Å². The number of anilines is 1. The highest BCUT2D eigenvalue weighted by molar-refractivity contribution is 5.98. The standard InChI is InChI=1S/C14H16N4O3/c1-17-6-5-13(16-17)21-9-3-4-12-11(7-9)18(2)14(19)10(15)8-20-12/h3-7,10H,8,15H2,1-2H3/t10-/m0/s1. The second-order valence-electron chi connectivity index (χ2n) is 4.87. The molecule has 1 aromatic heterocycles. The quantitative estimate of drug-likeness (QED) is 0.887. The number of aromatic nitrogens is 2. The summed E-state index contributed by atoms with van der Waals surface area (Å²) < 4.78 is 12.9. The van der Waals surface area contributed by atoms with Gasteiger partial charge in [-0.15, -0.1) is 5.10 Å². The maximum atomic E-state index is 12.0. The van der Waals surface area contributed by atoms with Crippen LogP contribution in [0.4, 0.5) is 5.69 Å². The molecule has 0 aliphatic carbocycles. The number of aryl methyl sites for hydroxylation is 1. The maximum absolute atomic E-state index is 12.0. The Labute approximate surface area is 121 Å². The van der Waals surface area contributed by atoms with Crippen molar-refractivity contribution in [3.05, 3.63) is 30.5 Å². The lowest BCUT2D eigenvalue weighted by Gasteiger charge is -2.18. The third-order valence-electron chi connectivity index (χ3n) is 3.27. The van der Waals surface area contributed by atoms with Crippen LogP contribution in [0.5, 0.6) is 17.4 Å². The van der Waals surface area contributed by atoms with E-state index >= 15 is 0 Å². The van der Waals surface area contributed by atoms with Crippen LogP contribution in [-0.2, 0) is 11.8 Å². The van der Waals surface area contributed by atoms with Crippen LogP contribution in [0.15, 0.2) is 30.5 Å². The van der Waals surface area contributed by atoms with Gasteiger partial charge in [0.05, 0.1) is 5.69 Å². The molecule has 0 saturated heterocycles. The minimum absolute atomic E-state index is 0.163. The van der Waals surface area contributed by atoms with Crippen LogP contribution in [0.25, 0.3) is 0 Å². The average Bonchev–Trinajstić information content (AvgIpc) is 2.84. The predicted molar refractivity (Wildman–Crippen MR) is 76.6 cm³/mol. The number of ether oxygens (including phenoxy) is 2. The van der Waals surface area contributed by atoms with Crippen molar-refractivity contribution in [1.29, 1.82) is 0 Å². The van der Waals surface area contributed by atoms with Gasteiger partial charge in [0.1, 0.15) is 24.1 Å². The monoisotopic (exact) mass is 288 g/mol. The van der Waals surface area contributed by atoms with Gasteiger partial charge < -0.3 is 20.1 Å². The highest BCUT2D eigenvalue weighted by Gasteiger charge is 2.26. The maximum Gasteiger partial charge on any atom is 0.247 e. The van der Waals surface area contributed by atoms with Crippen molar-refractivity contribution in [2.24, 2.45) is 12.8 Å². The number of benzene rings is 1. The smallest absolute Gasteiger partial charge is 0.247 e. The van der Waals surface area contributed by atoms with E-state index in [0.29, 0.717) is 23.1 Å². The van der Waals surface area contributed by atoms with Crippen molar-refractivity contribution in [1.82, 2.24) is 9.78 Å². The Kier molecular flexibility index (Phi) is 3.26. The van der Waals surface area contributed by atoms with Crippen molar-refractivity contribution in [3.8, 4) is 17.4 Å². The van der Waals surface area contributed by atoms with E-state index in [2.05, 4.69) is 5.10 Å². The fraction of sp³-hybridized carbons (Fsp3) is 0.286. The molecule has 2 N–H and O–H groups in total. The lowest BCUT2D eigenvalue weighted by molar-refractivity contribution is -0.119. The molecule has 7 heteroatoms. The second-order valence-corrected chi connectivity index (χ2v) is 4.87. The van der Waals surface area contributed by atoms with Crippen LogP contribution < -0.4 is 20.1 Å².